The number of carbonyl (C=O) groups excluding carboxylic acids is 1. The molecule has 1 aromatic heterocycles. The van der Waals surface area contributed by atoms with Gasteiger partial charge in [0.15, 0.2) is 5.78 Å². The molecule has 0 radical (unpaired) electrons. The molecule has 0 aliphatic carbocycles. The number of aliphatic hydroxyl groups is 1. The van der Waals surface area contributed by atoms with Crippen molar-refractivity contribution in [3.05, 3.63) is 76.7 Å². The zero-order chi connectivity index (χ0) is 27.4. The maximum absolute atomic E-state index is 15.5. The molecule has 1 heterocycles. The number of H-pyrrole nitrogens is 1. The van der Waals surface area contributed by atoms with E-state index in [2.05, 4.69) is 10.3 Å². The van der Waals surface area contributed by atoms with E-state index in [-0.39, 0.29) is 29.9 Å². The molecule has 0 saturated carbocycles. The van der Waals surface area contributed by atoms with Crippen LogP contribution in [0.15, 0.2) is 48.7 Å². The largest absolute Gasteiger partial charge is 0.497 e. The summed E-state index contributed by atoms with van der Waals surface area (Å²) in [6, 6.07) is 11.3. The van der Waals surface area contributed by atoms with E-state index in [1.807, 2.05) is 25.1 Å². The minimum absolute atomic E-state index is 0.0954. The molecule has 200 valence electrons. The topological polar surface area (TPSA) is 102 Å². The molecule has 0 amide bonds. The number of aryl methyl sites for hydroxylation is 1. The van der Waals surface area contributed by atoms with Crippen molar-refractivity contribution in [2.75, 3.05) is 39.9 Å². The summed E-state index contributed by atoms with van der Waals surface area (Å²) >= 11 is 0. The lowest BCUT2D eigenvalue weighted by molar-refractivity contribution is 0.0969. The summed E-state index contributed by atoms with van der Waals surface area (Å²) in [5.74, 6) is 0.933. The number of benzene rings is 3. The Balaban J connectivity index is 1.86. The number of hydrogen-bond acceptors (Lipinski definition) is 7. The van der Waals surface area contributed by atoms with Gasteiger partial charge in [-0.25, -0.2) is 4.39 Å². The van der Waals surface area contributed by atoms with Gasteiger partial charge in [0.2, 0.25) is 0 Å². The number of nitrogens with one attached hydrogen (secondary N) is 2. The zero-order valence-electron chi connectivity index (χ0n) is 22.0. The number of aromatic nitrogens is 1. The Bertz CT molecular complexity index is 1470. The van der Waals surface area contributed by atoms with Crippen LogP contribution in [-0.2, 0) is 0 Å². The van der Waals surface area contributed by atoms with Gasteiger partial charge < -0.3 is 34.4 Å². The van der Waals surface area contributed by atoms with E-state index in [4.69, 9.17) is 24.1 Å². The van der Waals surface area contributed by atoms with Gasteiger partial charge in [-0.15, -0.1) is 0 Å². The van der Waals surface area contributed by atoms with E-state index in [9.17, 15) is 4.79 Å². The first-order chi connectivity index (χ1) is 18.3. The molecular formula is C29H31FN2O6. The Morgan fingerprint density at radius 1 is 1.00 bits per heavy atom. The standard InChI is InChI=1S/C29H31FN2O6/c1-16-6-7-21(25(10-16)37-5)28(32-18-11-19(35-3)13-20(12-18)38-9-8-33)29(34)22-15-31-23-14-24(36-4)17(2)27(30)26(22)23/h6-7,10-15,28,31-33H,8-9H2,1-5H3. The maximum atomic E-state index is 15.5. The third-order valence-corrected chi connectivity index (χ3v) is 6.34. The van der Waals surface area contributed by atoms with Crippen LogP contribution in [0.3, 0.4) is 0 Å². The first-order valence-electron chi connectivity index (χ1n) is 12.0. The molecule has 4 aromatic rings. The molecule has 0 aliphatic heterocycles. The molecule has 4 rings (SSSR count). The number of methoxy groups -OCH3 is 3. The van der Waals surface area contributed by atoms with Crippen LogP contribution < -0.4 is 24.3 Å². The van der Waals surface area contributed by atoms with E-state index >= 15 is 4.39 Å². The minimum atomic E-state index is -0.954. The highest BCUT2D eigenvalue weighted by Crippen LogP contribution is 2.37. The monoisotopic (exact) mass is 522 g/mol. The van der Waals surface area contributed by atoms with E-state index in [0.717, 1.165) is 5.56 Å². The van der Waals surface area contributed by atoms with Crippen LogP contribution in [0.5, 0.6) is 23.0 Å². The van der Waals surface area contributed by atoms with Gasteiger partial charge in [0.1, 0.15) is 41.5 Å². The molecule has 9 heteroatoms. The van der Waals surface area contributed by atoms with Gasteiger partial charge in [-0.3, -0.25) is 4.79 Å². The molecule has 38 heavy (non-hydrogen) atoms. The second-order valence-corrected chi connectivity index (χ2v) is 8.80. The van der Waals surface area contributed by atoms with Crippen LogP contribution in [0.4, 0.5) is 10.1 Å². The first kappa shape index (κ1) is 26.8. The molecule has 0 saturated heterocycles. The van der Waals surface area contributed by atoms with E-state index in [0.29, 0.717) is 45.3 Å². The second-order valence-electron chi connectivity index (χ2n) is 8.80. The van der Waals surface area contributed by atoms with Crippen molar-refractivity contribution in [2.45, 2.75) is 19.9 Å². The molecular weight excluding hydrogens is 491 g/mol. The molecule has 0 spiro atoms. The summed E-state index contributed by atoms with van der Waals surface area (Å²) in [6.07, 6.45) is 1.51. The smallest absolute Gasteiger partial charge is 0.191 e. The van der Waals surface area contributed by atoms with Gasteiger partial charge in [-0.1, -0.05) is 12.1 Å². The number of fused-ring (bicyclic) bond motifs is 1. The van der Waals surface area contributed by atoms with Gasteiger partial charge in [-0.05, 0) is 25.5 Å². The maximum Gasteiger partial charge on any atom is 0.191 e. The Morgan fingerprint density at radius 3 is 2.42 bits per heavy atom. The van der Waals surface area contributed by atoms with Crippen molar-refractivity contribution < 1.29 is 33.2 Å². The normalized spacial score (nSPS) is 11.8. The van der Waals surface area contributed by atoms with Crippen molar-refractivity contribution in [1.82, 2.24) is 4.98 Å². The number of halogens is 1. The summed E-state index contributed by atoms with van der Waals surface area (Å²) in [5, 5.41) is 12.6. The van der Waals surface area contributed by atoms with Crippen LogP contribution in [0, 0.1) is 19.7 Å². The molecule has 0 fully saturated rings. The molecule has 3 N–H and O–H groups in total. The predicted octanol–water partition coefficient (Wildman–Crippen LogP) is 5.36. The Labute approximate surface area is 220 Å². The summed E-state index contributed by atoms with van der Waals surface area (Å²) in [6.45, 7) is 3.47. The highest BCUT2D eigenvalue weighted by molar-refractivity contribution is 6.12. The summed E-state index contributed by atoms with van der Waals surface area (Å²) in [4.78, 5) is 17.2. The van der Waals surface area contributed by atoms with Crippen LogP contribution in [-0.4, -0.2) is 50.4 Å². The van der Waals surface area contributed by atoms with Gasteiger partial charge in [0, 0.05) is 58.2 Å². The summed E-state index contributed by atoms with van der Waals surface area (Å²) in [5.41, 5.74) is 3.00. The highest BCUT2D eigenvalue weighted by Gasteiger charge is 2.29. The summed E-state index contributed by atoms with van der Waals surface area (Å²) < 4.78 is 37.4. The molecule has 1 unspecified atom stereocenters. The third-order valence-electron chi connectivity index (χ3n) is 6.34. The number of rotatable bonds is 11. The number of hydrogen-bond donors (Lipinski definition) is 3. The number of ether oxygens (including phenoxy) is 4. The molecule has 0 aliphatic rings. The Morgan fingerprint density at radius 2 is 1.74 bits per heavy atom. The average molecular weight is 523 g/mol. The van der Waals surface area contributed by atoms with Crippen molar-refractivity contribution in [2.24, 2.45) is 0 Å². The fourth-order valence-corrected chi connectivity index (χ4v) is 4.41. The predicted molar refractivity (Wildman–Crippen MR) is 144 cm³/mol. The lowest BCUT2D eigenvalue weighted by Crippen LogP contribution is -2.22. The van der Waals surface area contributed by atoms with Crippen molar-refractivity contribution in [1.29, 1.82) is 0 Å². The SMILES string of the molecule is COc1cc(NC(C(=O)c2c[nH]c3cc(OC)c(C)c(F)c23)c2ccc(C)cc2OC)cc(OCCO)c1. The highest BCUT2D eigenvalue weighted by atomic mass is 19.1. The van der Waals surface area contributed by atoms with Gasteiger partial charge in [0.25, 0.3) is 0 Å². The Kier molecular flexibility index (Phi) is 8.07. The number of Topliss-reactive ketones (excluding diaryl/α,β-unsaturated/α-hetero) is 1. The zero-order valence-corrected chi connectivity index (χ0v) is 22.0. The van der Waals surface area contributed by atoms with Crippen LogP contribution >= 0.6 is 0 Å². The van der Waals surface area contributed by atoms with Crippen LogP contribution in [0.2, 0.25) is 0 Å². The summed E-state index contributed by atoms with van der Waals surface area (Å²) in [7, 11) is 4.53. The Hall–Kier alpha value is -4.24. The number of anilines is 1. The number of aliphatic hydroxyl groups excluding tert-OH is 1. The third kappa shape index (κ3) is 5.24. The number of ketones is 1. The average Bonchev–Trinajstić information content (AvgIpc) is 3.36. The van der Waals surface area contributed by atoms with Crippen molar-refractivity contribution >= 4 is 22.4 Å². The van der Waals surface area contributed by atoms with Crippen molar-refractivity contribution in [3.8, 4) is 23.0 Å². The van der Waals surface area contributed by atoms with E-state index < -0.39 is 11.9 Å². The number of carbonyl (C=O) groups is 1. The van der Waals surface area contributed by atoms with Crippen molar-refractivity contribution in [3.63, 3.8) is 0 Å². The lowest BCUT2D eigenvalue weighted by atomic mass is 9.94. The molecule has 8 nitrogen and oxygen atoms in total. The number of aromatic amines is 1. The fourth-order valence-electron chi connectivity index (χ4n) is 4.41. The van der Waals surface area contributed by atoms with Gasteiger partial charge >= 0.3 is 0 Å². The molecule has 1 atom stereocenters. The van der Waals surface area contributed by atoms with Crippen LogP contribution in [0.25, 0.3) is 10.9 Å². The van der Waals surface area contributed by atoms with Crippen LogP contribution in [0.1, 0.15) is 33.1 Å². The van der Waals surface area contributed by atoms with Gasteiger partial charge in [-0.2, -0.15) is 0 Å². The van der Waals surface area contributed by atoms with E-state index in [1.54, 1.807) is 31.2 Å². The quantitative estimate of drug-likeness (QED) is 0.228. The molecule has 3 aromatic carbocycles. The first-order valence-corrected chi connectivity index (χ1v) is 12.0. The molecule has 0 bridgehead atoms. The van der Waals surface area contributed by atoms with E-state index in [1.165, 1.54) is 27.5 Å². The second kappa shape index (κ2) is 11.4. The fraction of sp³-hybridized carbons (Fsp3) is 0.276. The lowest BCUT2D eigenvalue weighted by Gasteiger charge is -2.22. The minimum Gasteiger partial charge on any atom is -0.497 e. The van der Waals surface area contributed by atoms with Gasteiger partial charge in [0.05, 0.1) is 33.5 Å².